The largest absolute Gasteiger partial charge is 0.466 e. The van der Waals surface area contributed by atoms with Gasteiger partial charge in [-0.2, -0.15) is 0 Å². The first-order chi connectivity index (χ1) is 7.54. The van der Waals surface area contributed by atoms with E-state index in [1.165, 1.54) is 14.0 Å². The third kappa shape index (κ3) is 3.24. The van der Waals surface area contributed by atoms with Gasteiger partial charge in [0, 0.05) is 17.5 Å². The Morgan fingerprint density at radius 1 is 1.38 bits per heavy atom. The quantitative estimate of drug-likeness (QED) is 0.762. The molecule has 0 heterocycles. The average molecular weight is 243 g/mol. The summed E-state index contributed by atoms with van der Waals surface area (Å²) >= 11 is 5.78. The van der Waals surface area contributed by atoms with Gasteiger partial charge in [-0.25, -0.2) is 4.79 Å². The molecule has 5 heteroatoms. The molecule has 0 amide bonds. The summed E-state index contributed by atoms with van der Waals surface area (Å²) in [6, 6.07) is 6.51. The van der Waals surface area contributed by atoms with Gasteiger partial charge in [-0.15, -0.1) is 0 Å². The fraction of sp³-hybridized carbons (Fsp3) is 0.273. The fourth-order valence-corrected chi connectivity index (χ4v) is 1.39. The maximum absolute atomic E-state index is 11.4. The lowest BCUT2D eigenvalue weighted by atomic mass is 10.1. The summed E-state index contributed by atoms with van der Waals surface area (Å²) in [5.74, 6) is -1.20. The normalized spacial score (nSPS) is 11.7. The van der Waals surface area contributed by atoms with E-state index in [0.717, 1.165) is 0 Å². The molecule has 0 aromatic heterocycles. The molecule has 0 saturated carbocycles. The second-order valence-corrected chi connectivity index (χ2v) is 3.50. The summed E-state index contributed by atoms with van der Waals surface area (Å²) in [6.07, 6.45) is -1.07. The Hall–Kier alpha value is -1.55. The zero-order valence-electron chi connectivity index (χ0n) is 8.90. The second-order valence-electron chi connectivity index (χ2n) is 3.07. The van der Waals surface area contributed by atoms with Crippen LogP contribution in [0.15, 0.2) is 24.3 Å². The van der Waals surface area contributed by atoms with Crippen LogP contribution >= 0.6 is 11.6 Å². The number of ether oxygens (including phenoxy) is 2. The lowest BCUT2D eigenvalue weighted by molar-refractivity contribution is -0.165. The van der Waals surface area contributed by atoms with Crippen LogP contribution in [0.4, 0.5) is 0 Å². The Bertz CT molecular complexity index is 403. The van der Waals surface area contributed by atoms with Crippen LogP contribution in [0.2, 0.25) is 5.02 Å². The van der Waals surface area contributed by atoms with Gasteiger partial charge in [-0.1, -0.05) is 23.7 Å². The molecular formula is C11H11ClO4. The Morgan fingerprint density at radius 2 is 2.06 bits per heavy atom. The fourth-order valence-electron chi connectivity index (χ4n) is 1.19. The number of esters is 2. The minimum Gasteiger partial charge on any atom is -0.466 e. The molecule has 0 N–H and O–H groups in total. The van der Waals surface area contributed by atoms with Gasteiger partial charge in [0.25, 0.3) is 0 Å². The van der Waals surface area contributed by atoms with E-state index in [1.807, 2.05) is 0 Å². The zero-order valence-corrected chi connectivity index (χ0v) is 9.65. The standard InChI is InChI=1S/C11H11ClO4/c1-7(13)16-10(11(14)15-2)8-4-3-5-9(12)6-8/h3-6,10H,1-2H3/t10-/m0/s1. The summed E-state index contributed by atoms with van der Waals surface area (Å²) in [7, 11) is 1.23. The predicted octanol–water partition coefficient (Wildman–Crippen LogP) is 2.12. The molecule has 0 aliphatic rings. The van der Waals surface area contributed by atoms with Gasteiger partial charge in [0.2, 0.25) is 6.10 Å². The molecule has 0 aliphatic heterocycles. The van der Waals surface area contributed by atoms with Crippen molar-refractivity contribution < 1.29 is 19.1 Å². The highest BCUT2D eigenvalue weighted by molar-refractivity contribution is 6.30. The zero-order chi connectivity index (χ0) is 12.1. The molecule has 0 aliphatic carbocycles. The van der Waals surface area contributed by atoms with Crippen molar-refractivity contribution in [3.05, 3.63) is 34.9 Å². The van der Waals surface area contributed by atoms with Gasteiger partial charge in [0.1, 0.15) is 0 Å². The second kappa shape index (κ2) is 5.51. The van der Waals surface area contributed by atoms with Crippen LogP contribution in [0, 0.1) is 0 Å². The number of benzene rings is 1. The van der Waals surface area contributed by atoms with Crippen LogP contribution in [0.25, 0.3) is 0 Å². The van der Waals surface area contributed by atoms with Crippen molar-refractivity contribution in [1.82, 2.24) is 0 Å². The van der Waals surface area contributed by atoms with Crippen LogP contribution < -0.4 is 0 Å². The highest BCUT2D eigenvalue weighted by Gasteiger charge is 2.24. The molecule has 0 fully saturated rings. The van der Waals surface area contributed by atoms with Crippen molar-refractivity contribution in [3.8, 4) is 0 Å². The first-order valence-corrected chi connectivity index (χ1v) is 4.93. The molecule has 1 rings (SSSR count). The Balaban J connectivity index is 3.00. The maximum Gasteiger partial charge on any atom is 0.351 e. The summed E-state index contributed by atoms with van der Waals surface area (Å²) in [6.45, 7) is 1.22. The Labute approximate surface area is 98.1 Å². The van der Waals surface area contributed by atoms with E-state index in [9.17, 15) is 9.59 Å². The van der Waals surface area contributed by atoms with E-state index in [4.69, 9.17) is 16.3 Å². The molecule has 0 radical (unpaired) electrons. The molecule has 1 atom stereocenters. The molecule has 0 unspecified atom stereocenters. The molecule has 86 valence electrons. The first kappa shape index (κ1) is 12.5. The van der Waals surface area contributed by atoms with E-state index < -0.39 is 18.0 Å². The average Bonchev–Trinajstić information content (AvgIpc) is 2.24. The highest BCUT2D eigenvalue weighted by Crippen LogP contribution is 2.22. The number of hydrogen-bond acceptors (Lipinski definition) is 4. The topological polar surface area (TPSA) is 52.6 Å². The molecule has 16 heavy (non-hydrogen) atoms. The minimum atomic E-state index is -1.07. The van der Waals surface area contributed by atoms with Crippen molar-refractivity contribution in [2.45, 2.75) is 13.0 Å². The summed E-state index contributed by atoms with van der Waals surface area (Å²) in [5.41, 5.74) is 0.481. The lowest BCUT2D eigenvalue weighted by Gasteiger charge is -2.14. The van der Waals surface area contributed by atoms with Gasteiger partial charge in [0.05, 0.1) is 7.11 Å². The van der Waals surface area contributed by atoms with E-state index >= 15 is 0 Å². The van der Waals surface area contributed by atoms with Gasteiger partial charge in [-0.05, 0) is 12.1 Å². The van der Waals surface area contributed by atoms with E-state index in [2.05, 4.69) is 4.74 Å². The smallest absolute Gasteiger partial charge is 0.351 e. The number of hydrogen-bond donors (Lipinski definition) is 0. The number of carbonyl (C=O) groups excluding carboxylic acids is 2. The van der Waals surface area contributed by atoms with Gasteiger partial charge < -0.3 is 9.47 Å². The summed E-state index contributed by atoms with van der Waals surface area (Å²) in [5, 5.41) is 0.457. The third-order valence-corrected chi connectivity index (χ3v) is 2.09. The number of rotatable bonds is 3. The first-order valence-electron chi connectivity index (χ1n) is 4.55. The van der Waals surface area contributed by atoms with Crippen LogP contribution in [-0.4, -0.2) is 19.0 Å². The summed E-state index contributed by atoms with van der Waals surface area (Å²) < 4.78 is 9.42. The van der Waals surface area contributed by atoms with Crippen molar-refractivity contribution in [2.24, 2.45) is 0 Å². The highest BCUT2D eigenvalue weighted by atomic mass is 35.5. The SMILES string of the molecule is COC(=O)[C@@H](OC(C)=O)c1cccc(Cl)c1. The number of methoxy groups -OCH3 is 1. The van der Waals surface area contributed by atoms with Crippen molar-refractivity contribution in [3.63, 3.8) is 0 Å². The van der Waals surface area contributed by atoms with Gasteiger partial charge >= 0.3 is 11.9 Å². The Kier molecular flexibility index (Phi) is 4.31. The van der Waals surface area contributed by atoms with Gasteiger partial charge in [-0.3, -0.25) is 4.79 Å². The minimum absolute atomic E-state index is 0.457. The van der Waals surface area contributed by atoms with E-state index in [1.54, 1.807) is 24.3 Å². The van der Waals surface area contributed by atoms with Crippen LogP contribution in [-0.2, 0) is 19.1 Å². The van der Waals surface area contributed by atoms with Crippen molar-refractivity contribution in [1.29, 1.82) is 0 Å². The third-order valence-electron chi connectivity index (χ3n) is 1.85. The molecular weight excluding hydrogens is 232 g/mol. The van der Waals surface area contributed by atoms with Gasteiger partial charge in [0.15, 0.2) is 0 Å². The predicted molar refractivity (Wildman–Crippen MR) is 58.0 cm³/mol. The van der Waals surface area contributed by atoms with E-state index in [0.29, 0.717) is 10.6 Å². The molecule has 1 aromatic carbocycles. The number of halogens is 1. The van der Waals surface area contributed by atoms with Crippen LogP contribution in [0.1, 0.15) is 18.6 Å². The van der Waals surface area contributed by atoms with Crippen LogP contribution in [0.5, 0.6) is 0 Å². The van der Waals surface area contributed by atoms with Crippen molar-refractivity contribution >= 4 is 23.5 Å². The molecule has 0 spiro atoms. The van der Waals surface area contributed by atoms with Crippen molar-refractivity contribution in [2.75, 3.05) is 7.11 Å². The Morgan fingerprint density at radius 3 is 2.56 bits per heavy atom. The molecule has 0 saturated heterocycles. The monoisotopic (exact) mass is 242 g/mol. The maximum atomic E-state index is 11.4. The van der Waals surface area contributed by atoms with E-state index in [-0.39, 0.29) is 0 Å². The molecule has 0 bridgehead atoms. The lowest BCUT2D eigenvalue weighted by Crippen LogP contribution is -2.19. The van der Waals surface area contributed by atoms with Crippen LogP contribution in [0.3, 0.4) is 0 Å². The molecule has 1 aromatic rings. The molecule has 4 nitrogen and oxygen atoms in total. The number of carbonyl (C=O) groups is 2. The summed E-state index contributed by atoms with van der Waals surface area (Å²) in [4.78, 5) is 22.3.